The molecule has 2 N–H and O–H groups in total. The number of amides is 2. The molecular weight excluding hydrogens is 266 g/mol. The lowest BCUT2D eigenvalue weighted by molar-refractivity contribution is -0.129. The van der Waals surface area contributed by atoms with Crippen molar-refractivity contribution in [1.82, 2.24) is 9.80 Å². The second kappa shape index (κ2) is 5.48. The maximum absolute atomic E-state index is 12.4. The van der Waals surface area contributed by atoms with Crippen LogP contribution in [0.5, 0.6) is 0 Å². The maximum atomic E-state index is 12.4. The number of halogens is 1. The predicted molar refractivity (Wildman–Crippen MR) is 74.0 cm³/mol. The number of benzene rings is 1. The van der Waals surface area contributed by atoms with Crippen molar-refractivity contribution in [2.75, 3.05) is 32.4 Å². The van der Waals surface area contributed by atoms with Gasteiger partial charge in [0.1, 0.15) is 6.54 Å². The van der Waals surface area contributed by atoms with Crippen molar-refractivity contribution >= 4 is 29.1 Å². The minimum Gasteiger partial charge on any atom is -0.398 e. The Balaban J connectivity index is 2.26. The van der Waals surface area contributed by atoms with Crippen molar-refractivity contribution < 1.29 is 9.59 Å². The van der Waals surface area contributed by atoms with Gasteiger partial charge in [-0.1, -0.05) is 17.7 Å². The van der Waals surface area contributed by atoms with Gasteiger partial charge in [-0.3, -0.25) is 9.59 Å². The molecule has 1 aromatic carbocycles. The second-order valence-electron chi connectivity index (χ2n) is 4.60. The first-order chi connectivity index (χ1) is 9.00. The summed E-state index contributed by atoms with van der Waals surface area (Å²) in [6.45, 7) is 1.25. The molecule has 6 heteroatoms. The van der Waals surface area contributed by atoms with Crippen molar-refractivity contribution in [1.29, 1.82) is 0 Å². The molecular formula is C13H16ClN3O2. The number of hydrogen-bond donors (Lipinski definition) is 1. The molecule has 102 valence electrons. The highest BCUT2D eigenvalue weighted by Crippen LogP contribution is 2.24. The van der Waals surface area contributed by atoms with E-state index in [1.54, 1.807) is 30.1 Å². The third-order valence-corrected chi connectivity index (χ3v) is 3.54. The fourth-order valence-corrected chi connectivity index (χ4v) is 2.35. The number of carbonyl (C=O) groups is 2. The smallest absolute Gasteiger partial charge is 0.257 e. The van der Waals surface area contributed by atoms with E-state index in [0.29, 0.717) is 23.8 Å². The van der Waals surface area contributed by atoms with Crippen molar-refractivity contribution in [3.05, 3.63) is 28.8 Å². The maximum Gasteiger partial charge on any atom is 0.257 e. The molecule has 1 aliphatic heterocycles. The number of likely N-dealkylation sites (N-methyl/N-ethyl adjacent to an activating group) is 1. The van der Waals surface area contributed by atoms with Crippen molar-refractivity contribution in [3.63, 3.8) is 0 Å². The normalized spacial score (nSPS) is 16.4. The van der Waals surface area contributed by atoms with Crippen LogP contribution in [-0.4, -0.2) is 48.3 Å². The summed E-state index contributed by atoms with van der Waals surface area (Å²) in [5.41, 5.74) is 6.42. The Morgan fingerprint density at radius 3 is 2.79 bits per heavy atom. The Hall–Kier alpha value is -1.75. The molecule has 5 nitrogen and oxygen atoms in total. The summed E-state index contributed by atoms with van der Waals surface area (Å²) in [6, 6.07) is 4.94. The lowest BCUT2D eigenvalue weighted by Crippen LogP contribution is -2.38. The largest absolute Gasteiger partial charge is 0.398 e. The van der Waals surface area contributed by atoms with Crippen LogP contribution < -0.4 is 5.73 Å². The summed E-state index contributed by atoms with van der Waals surface area (Å²) in [5.74, 6) is -0.358. The van der Waals surface area contributed by atoms with Crippen LogP contribution in [0.1, 0.15) is 16.8 Å². The SMILES string of the molecule is CN1CCCN(C(=O)c2c(N)cccc2Cl)CC1=O. The zero-order chi connectivity index (χ0) is 14.0. The first kappa shape index (κ1) is 13.7. The average Bonchev–Trinajstić information content (AvgIpc) is 2.52. The summed E-state index contributed by atoms with van der Waals surface area (Å²) >= 11 is 6.03. The van der Waals surface area contributed by atoms with E-state index in [9.17, 15) is 9.59 Å². The Labute approximate surface area is 116 Å². The molecule has 1 saturated heterocycles. The van der Waals surface area contributed by atoms with Crippen LogP contribution in [0.15, 0.2) is 18.2 Å². The zero-order valence-electron chi connectivity index (χ0n) is 10.7. The summed E-state index contributed by atoms with van der Waals surface area (Å²) < 4.78 is 0. The van der Waals surface area contributed by atoms with Gasteiger partial charge in [0.25, 0.3) is 5.91 Å². The van der Waals surface area contributed by atoms with E-state index in [-0.39, 0.29) is 23.9 Å². The number of anilines is 1. The highest BCUT2D eigenvalue weighted by molar-refractivity contribution is 6.34. The summed E-state index contributed by atoms with van der Waals surface area (Å²) in [4.78, 5) is 27.4. The van der Waals surface area contributed by atoms with Crippen LogP contribution in [0, 0.1) is 0 Å². The lowest BCUT2D eigenvalue weighted by Gasteiger charge is -2.21. The van der Waals surface area contributed by atoms with Crippen LogP contribution in [0.4, 0.5) is 5.69 Å². The Kier molecular flexibility index (Phi) is 3.95. The number of nitrogen functional groups attached to an aromatic ring is 1. The molecule has 2 amide bonds. The van der Waals surface area contributed by atoms with E-state index in [4.69, 9.17) is 17.3 Å². The van der Waals surface area contributed by atoms with Gasteiger partial charge >= 0.3 is 0 Å². The lowest BCUT2D eigenvalue weighted by atomic mass is 10.1. The van der Waals surface area contributed by atoms with E-state index in [1.165, 1.54) is 4.90 Å². The summed E-state index contributed by atoms with van der Waals surface area (Å²) in [6.07, 6.45) is 0.748. The molecule has 2 rings (SSSR count). The second-order valence-corrected chi connectivity index (χ2v) is 5.01. The molecule has 0 saturated carbocycles. The zero-order valence-corrected chi connectivity index (χ0v) is 11.5. The van der Waals surface area contributed by atoms with Crippen molar-refractivity contribution in [2.45, 2.75) is 6.42 Å². The van der Waals surface area contributed by atoms with Gasteiger partial charge in [0.15, 0.2) is 0 Å². The molecule has 1 fully saturated rings. The molecule has 0 spiro atoms. The Morgan fingerprint density at radius 2 is 2.11 bits per heavy atom. The molecule has 0 aliphatic carbocycles. The molecule has 0 aromatic heterocycles. The van der Waals surface area contributed by atoms with Gasteiger partial charge in [0.2, 0.25) is 5.91 Å². The molecule has 0 bridgehead atoms. The minimum absolute atomic E-state index is 0.0694. The van der Waals surface area contributed by atoms with Gasteiger partial charge in [0.05, 0.1) is 10.6 Å². The van der Waals surface area contributed by atoms with Gasteiger partial charge in [-0.2, -0.15) is 0 Å². The van der Waals surface area contributed by atoms with Crippen molar-refractivity contribution in [2.24, 2.45) is 0 Å². The van der Waals surface area contributed by atoms with Crippen LogP contribution in [-0.2, 0) is 4.79 Å². The van der Waals surface area contributed by atoms with Crippen LogP contribution >= 0.6 is 11.6 Å². The highest BCUT2D eigenvalue weighted by atomic mass is 35.5. The number of nitrogens with two attached hydrogens (primary N) is 1. The van der Waals surface area contributed by atoms with Gasteiger partial charge in [-0.05, 0) is 18.6 Å². The molecule has 1 heterocycles. The third kappa shape index (κ3) is 2.81. The quantitative estimate of drug-likeness (QED) is 0.787. The minimum atomic E-state index is -0.285. The Morgan fingerprint density at radius 1 is 1.37 bits per heavy atom. The van der Waals surface area contributed by atoms with Gasteiger partial charge in [0, 0.05) is 25.8 Å². The third-order valence-electron chi connectivity index (χ3n) is 3.22. The average molecular weight is 282 g/mol. The Bertz CT molecular complexity index is 498. The van der Waals surface area contributed by atoms with E-state index >= 15 is 0 Å². The fraction of sp³-hybridized carbons (Fsp3) is 0.385. The molecule has 19 heavy (non-hydrogen) atoms. The van der Waals surface area contributed by atoms with Gasteiger partial charge in [-0.15, -0.1) is 0 Å². The van der Waals surface area contributed by atoms with E-state index in [0.717, 1.165) is 6.42 Å². The summed E-state index contributed by atoms with van der Waals surface area (Å²) in [7, 11) is 1.74. The molecule has 1 aromatic rings. The van der Waals surface area contributed by atoms with Gasteiger partial charge in [-0.25, -0.2) is 0 Å². The number of nitrogens with zero attached hydrogens (tertiary/aromatic N) is 2. The molecule has 0 unspecified atom stereocenters. The first-order valence-corrected chi connectivity index (χ1v) is 6.45. The van der Waals surface area contributed by atoms with E-state index in [1.807, 2.05) is 0 Å². The fourth-order valence-electron chi connectivity index (χ4n) is 2.08. The van der Waals surface area contributed by atoms with Crippen LogP contribution in [0.25, 0.3) is 0 Å². The van der Waals surface area contributed by atoms with E-state index in [2.05, 4.69) is 0 Å². The predicted octanol–water partition coefficient (Wildman–Crippen LogP) is 1.23. The highest BCUT2D eigenvalue weighted by Gasteiger charge is 2.26. The molecule has 0 radical (unpaired) electrons. The van der Waals surface area contributed by atoms with Crippen LogP contribution in [0.2, 0.25) is 5.02 Å². The summed E-state index contributed by atoms with van der Waals surface area (Å²) in [5, 5.41) is 0.315. The number of carbonyl (C=O) groups excluding carboxylic acids is 2. The number of hydrogen-bond acceptors (Lipinski definition) is 3. The van der Waals surface area contributed by atoms with Crippen molar-refractivity contribution in [3.8, 4) is 0 Å². The molecule has 0 atom stereocenters. The standard InChI is InChI=1S/C13H16ClN3O2/c1-16-6-3-7-17(8-11(16)18)13(19)12-9(14)4-2-5-10(12)15/h2,4-5H,3,6-8,15H2,1H3. The monoisotopic (exact) mass is 281 g/mol. The van der Waals surface area contributed by atoms with E-state index < -0.39 is 0 Å². The van der Waals surface area contributed by atoms with Crippen LogP contribution in [0.3, 0.4) is 0 Å². The molecule has 1 aliphatic rings. The van der Waals surface area contributed by atoms with Gasteiger partial charge < -0.3 is 15.5 Å². The first-order valence-electron chi connectivity index (χ1n) is 6.08. The topological polar surface area (TPSA) is 66.6 Å². The number of rotatable bonds is 1.